The highest BCUT2D eigenvalue weighted by Gasteiger charge is 2.38. The Morgan fingerprint density at radius 1 is 1.28 bits per heavy atom. The minimum absolute atomic E-state index is 0.0260. The minimum atomic E-state index is -0.0260. The first-order valence-corrected chi connectivity index (χ1v) is 8.79. The number of rotatable bonds is 3. The van der Waals surface area contributed by atoms with Crippen molar-refractivity contribution in [2.24, 2.45) is 7.05 Å². The Balaban J connectivity index is 1.46. The maximum Gasteiger partial charge on any atom is 0.245 e. The normalized spacial score (nSPS) is 21.7. The average Bonchev–Trinajstić information content (AvgIpc) is 3.17. The van der Waals surface area contributed by atoms with E-state index in [9.17, 15) is 4.79 Å². The molecule has 0 spiro atoms. The molecule has 4 rings (SSSR count). The Morgan fingerprint density at radius 3 is 2.80 bits per heavy atom. The van der Waals surface area contributed by atoms with E-state index in [2.05, 4.69) is 27.1 Å². The Bertz CT molecular complexity index is 810. The van der Waals surface area contributed by atoms with Crippen molar-refractivity contribution >= 4 is 17.3 Å². The maximum atomic E-state index is 12.9. The van der Waals surface area contributed by atoms with Crippen LogP contribution in [0.15, 0.2) is 36.7 Å². The molecule has 0 aromatic carbocycles. The van der Waals surface area contributed by atoms with Crippen LogP contribution in [0, 0.1) is 6.92 Å². The van der Waals surface area contributed by atoms with Gasteiger partial charge in [-0.2, -0.15) is 5.10 Å². The molecule has 6 heteroatoms. The van der Waals surface area contributed by atoms with Crippen molar-refractivity contribution < 1.29 is 4.79 Å². The van der Waals surface area contributed by atoms with Gasteiger partial charge in [0.2, 0.25) is 5.91 Å². The number of anilines is 1. The lowest BCUT2D eigenvalue weighted by atomic mass is 10.00. The third-order valence-corrected chi connectivity index (χ3v) is 5.14. The first kappa shape index (κ1) is 16.0. The Morgan fingerprint density at radius 2 is 2.16 bits per heavy atom. The predicted molar refractivity (Wildman–Crippen MR) is 97.1 cm³/mol. The number of hydrogen-bond acceptors (Lipinski definition) is 4. The van der Waals surface area contributed by atoms with Gasteiger partial charge in [-0.25, -0.2) is 0 Å². The summed E-state index contributed by atoms with van der Waals surface area (Å²) in [4.78, 5) is 21.3. The van der Waals surface area contributed by atoms with Gasteiger partial charge in [0.05, 0.1) is 11.7 Å². The van der Waals surface area contributed by atoms with E-state index < -0.39 is 0 Å². The third-order valence-electron chi connectivity index (χ3n) is 5.14. The van der Waals surface area contributed by atoms with E-state index in [1.165, 1.54) is 11.1 Å². The van der Waals surface area contributed by atoms with Crippen LogP contribution in [0.1, 0.15) is 24.1 Å². The van der Waals surface area contributed by atoms with E-state index in [4.69, 9.17) is 0 Å². The number of hydrogen-bond donors (Lipinski definition) is 0. The molecule has 1 amide bonds. The maximum absolute atomic E-state index is 12.9. The van der Waals surface area contributed by atoms with Crippen molar-refractivity contribution in [3.63, 3.8) is 0 Å². The van der Waals surface area contributed by atoms with Crippen LogP contribution in [-0.2, 0) is 11.8 Å². The summed E-state index contributed by atoms with van der Waals surface area (Å²) < 4.78 is 1.80. The summed E-state index contributed by atoms with van der Waals surface area (Å²) in [5.74, 6) is 1.09. The first-order chi connectivity index (χ1) is 12.1. The highest BCUT2D eigenvalue weighted by Crippen LogP contribution is 2.28. The summed E-state index contributed by atoms with van der Waals surface area (Å²) in [5, 5.41) is 4.36. The van der Waals surface area contributed by atoms with Gasteiger partial charge >= 0.3 is 0 Å². The van der Waals surface area contributed by atoms with Gasteiger partial charge in [0.15, 0.2) is 0 Å². The number of carbonyl (C=O) groups excluding carboxylic acids is 1. The molecule has 2 aromatic rings. The number of aromatic nitrogens is 3. The molecule has 25 heavy (non-hydrogen) atoms. The summed E-state index contributed by atoms with van der Waals surface area (Å²) in [6.07, 6.45) is 7.78. The second-order valence-corrected chi connectivity index (χ2v) is 6.78. The highest BCUT2D eigenvalue weighted by molar-refractivity contribution is 5.98. The first-order valence-electron chi connectivity index (χ1n) is 8.79. The molecule has 0 radical (unpaired) electrons. The molecule has 0 N–H and O–H groups in total. The van der Waals surface area contributed by atoms with Gasteiger partial charge < -0.3 is 0 Å². The van der Waals surface area contributed by atoms with E-state index in [-0.39, 0.29) is 11.9 Å². The largest absolute Gasteiger partial charge is 0.296 e. The van der Waals surface area contributed by atoms with E-state index in [0.717, 1.165) is 44.0 Å². The van der Waals surface area contributed by atoms with E-state index in [1.54, 1.807) is 10.9 Å². The van der Waals surface area contributed by atoms with Crippen molar-refractivity contribution in [2.75, 3.05) is 24.5 Å². The van der Waals surface area contributed by atoms with Gasteiger partial charge in [-0.3, -0.25) is 24.3 Å². The SMILES string of the molecule is Cc1cc(N2CCC(N3CC=C(c4cccnc4)CC3)C2=O)n(C)n1. The van der Waals surface area contributed by atoms with Gasteiger partial charge in [0.25, 0.3) is 0 Å². The fourth-order valence-corrected chi connectivity index (χ4v) is 3.86. The molecule has 1 fully saturated rings. The molecule has 0 saturated carbocycles. The van der Waals surface area contributed by atoms with Crippen molar-refractivity contribution in [1.82, 2.24) is 19.7 Å². The molecule has 6 nitrogen and oxygen atoms in total. The lowest BCUT2D eigenvalue weighted by molar-refractivity contribution is -0.121. The lowest BCUT2D eigenvalue weighted by Gasteiger charge is -2.30. The Hall–Kier alpha value is -2.47. The smallest absolute Gasteiger partial charge is 0.245 e. The number of nitrogens with zero attached hydrogens (tertiary/aromatic N) is 5. The zero-order valence-corrected chi connectivity index (χ0v) is 14.7. The second kappa shape index (κ2) is 6.44. The average molecular weight is 337 g/mol. The quantitative estimate of drug-likeness (QED) is 0.860. The lowest BCUT2D eigenvalue weighted by Crippen LogP contribution is -2.44. The molecule has 2 aliphatic rings. The van der Waals surface area contributed by atoms with Gasteiger partial charge in [0.1, 0.15) is 5.82 Å². The van der Waals surface area contributed by atoms with Gasteiger partial charge in [-0.05, 0) is 37.0 Å². The number of carbonyl (C=O) groups is 1. The van der Waals surface area contributed by atoms with E-state index in [0.29, 0.717) is 0 Å². The monoisotopic (exact) mass is 337 g/mol. The number of aryl methyl sites for hydroxylation is 2. The van der Waals surface area contributed by atoms with Crippen molar-refractivity contribution in [2.45, 2.75) is 25.8 Å². The molecule has 0 aliphatic carbocycles. The molecule has 1 unspecified atom stereocenters. The topological polar surface area (TPSA) is 54.3 Å². The molecular weight excluding hydrogens is 314 g/mol. The zero-order valence-electron chi connectivity index (χ0n) is 14.7. The van der Waals surface area contributed by atoms with Crippen LogP contribution in [0.2, 0.25) is 0 Å². The van der Waals surface area contributed by atoms with Crippen LogP contribution in [0.5, 0.6) is 0 Å². The van der Waals surface area contributed by atoms with E-state index in [1.807, 2.05) is 37.2 Å². The fraction of sp³-hybridized carbons (Fsp3) is 0.421. The number of amides is 1. The third kappa shape index (κ3) is 2.98. The summed E-state index contributed by atoms with van der Waals surface area (Å²) in [6.45, 7) is 4.45. The predicted octanol–water partition coefficient (Wildman–Crippen LogP) is 2.02. The van der Waals surface area contributed by atoms with Crippen LogP contribution in [0.3, 0.4) is 0 Å². The summed E-state index contributed by atoms with van der Waals surface area (Å²) in [5.41, 5.74) is 3.46. The summed E-state index contributed by atoms with van der Waals surface area (Å²) in [6, 6.07) is 6.02. The summed E-state index contributed by atoms with van der Waals surface area (Å²) >= 11 is 0. The standard InChI is InChI=1S/C19H23N5O/c1-14-12-18(22(2)21-14)24-11-7-17(19(24)25)23-9-5-15(6-10-23)16-4-3-8-20-13-16/h3-5,8,12-13,17H,6-7,9-11H2,1-2H3. The zero-order chi connectivity index (χ0) is 17.4. The summed E-state index contributed by atoms with van der Waals surface area (Å²) in [7, 11) is 1.90. The van der Waals surface area contributed by atoms with Crippen molar-refractivity contribution in [3.8, 4) is 0 Å². The van der Waals surface area contributed by atoms with Crippen LogP contribution in [0.25, 0.3) is 5.57 Å². The fourth-order valence-electron chi connectivity index (χ4n) is 3.86. The molecule has 1 atom stereocenters. The van der Waals surface area contributed by atoms with Crippen LogP contribution >= 0.6 is 0 Å². The molecular formula is C19H23N5O. The van der Waals surface area contributed by atoms with Crippen LogP contribution in [0.4, 0.5) is 5.82 Å². The molecule has 2 aliphatic heterocycles. The number of pyridine rings is 1. The van der Waals surface area contributed by atoms with Gasteiger partial charge in [0, 0.05) is 45.1 Å². The Labute approximate surface area is 147 Å². The van der Waals surface area contributed by atoms with Gasteiger partial charge in [-0.1, -0.05) is 12.1 Å². The minimum Gasteiger partial charge on any atom is -0.296 e. The van der Waals surface area contributed by atoms with Crippen molar-refractivity contribution in [1.29, 1.82) is 0 Å². The van der Waals surface area contributed by atoms with Crippen LogP contribution in [-0.4, -0.2) is 51.2 Å². The molecule has 2 aromatic heterocycles. The highest BCUT2D eigenvalue weighted by atomic mass is 16.2. The Kier molecular flexibility index (Phi) is 4.13. The molecule has 4 heterocycles. The molecule has 1 saturated heterocycles. The van der Waals surface area contributed by atoms with Gasteiger partial charge in [-0.15, -0.1) is 0 Å². The van der Waals surface area contributed by atoms with Crippen LogP contribution < -0.4 is 4.90 Å². The van der Waals surface area contributed by atoms with E-state index >= 15 is 0 Å². The molecule has 0 bridgehead atoms. The molecule has 130 valence electrons. The second-order valence-electron chi connectivity index (χ2n) is 6.78. The van der Waals surface area contributed by atoms with Crippen molar-refractivity contribution in [3.05, 3.63) is 47.9 Å².